The summed E-state index contributed by atoms with van der Waals surface area (Å²) < 4.78 is 0. The molecule has 1 nitrogen and oxygen atoms in total. The van der Waals surface area contributed by atoms with Gasteiger partial charge in [0.05, 0.1) is 0 Å². The lowest BCUT2D eigenvalue weighted by atomic mass is 10.1. The third kappa shape index (κ3) is 2.25. The first-order chi connectivity index (χ1) is 8.38. The second-order valence-electron chi connectivity index (χ2n) is 5.27. The zero-order valence-electron chi connectivity index (χ0n) is 10.5. The Hall–Kier alpha value is -0.470. The molecule has 1 aromatic rings. The van der Waals surface area contributed by atoms with Gasteiger partial charge in [0.2, 0.25) is 0 Å². The molecule has 3 rings (SSSR count). The van der Waals surface area contributed by atoms with Gasteiger partial charge in [-0.15, -0.1) is 0 Å². The molecule has 0 spiro atoms. The number of nitrogens with one attached hydrogen (secondary N) is 1. The van der Waals surface area contributed by atoms with Crippen LogP contribution in [0.4, 0.5) is 0 Å². The van der Waals surface area contributed by atoms with Crippen LogP contribution < -0.4 is 5.32 Å². The van der Waals surface area contributed by atoms with Gasteiger partial charge in [0, 0.05) is 17.3 Å². The van der Waals surface area contributed by atoms with E-state index in [2.05, 4.69) is 35.8 Å². The molecule has 3 atom stereocenters. The van der Waals surface area contributed by atoms with Crippen LogP contribution >= 0.6 is 11.8 Å². The maximum atomic E-state index is 3.91. The summed E-state index contributed by atoms with van der Waals surface area (Å²) in [6.07, 6.45) is 8.96. The number of rotatable bonds is 3. The predicted molar refractivity (Wildman–Crippen MR) is 75.6 cm³/mol. The first kappa shape index (κ1) is 11.6. The maximum absolute atomic E-state index is 3.91. The molecular formula is C15H21NS. The largest absolute Gasteiger partial charge is 0.306 e. The van der Waals surface area contributed by atoms with Gasteiger partial charge < -0.3 is 5.32 Å². The van der Waals surface area contributed by atoms with Crippen molar-refractivity contribution in [2.45, 2.75) is 49.4 Å². The Balaban J connectivity index is 1.71. The van der Waals surface area contributed by atoms with E-state index in [0.29, 0.717) is 6.04 Å². The van der Waals surface area contributed by atoms with E-state index in [-0.39, 0.29) is 0 Å². The van der Waals surface area contributed by atoms with Crippen LogP contribution in [0.3, 0.4) is 0 Å². The zero-order chi connectivity index (χ0) is 11.7. The molecule has 1 aromatic carbocycles. The van der Waals surface area contributed by atoms with Crippen LogP contribution in [-0.4, -0.2) is 17.5 Å². The molecule has 0 saturated heterocycles. The maximum Gasteiger partial charge on any atom is 0.0329 e. The van der Waals surface area contributed by atoms with Crippen molar-refractivity contribution in [1.82, 2.24) is 5.32 Å². The third-order valence-corrected chi connectivity index (χ3v) is 5.47. The van der Waals surface area contributed by atoms with Crippen molar-refractivity contribution in [3.05, 3.63) is 35.4 Å². The Morgan fingerprint density at radius 2 is 2.06 bits per heavy atom. The number of fused-ring (bicyclic) bond motifs is 1. The second kappa shape index (κ2) is 5.03. The van der Waals surface area contributed by atoms with Crippen LogP contribution in [0.15, 0.2) is 24.3 Å². The van der Waals surface area contributed by atoms with E-state index in [9.17, 15) is 0 Å². The van der Waals surface area contributed by atoms with Gasteiger partial charge in [-0.25, -0.2) is 0 Å². The Morgan fingerprint density at radius 3 is 2.94 bits per heavy atom. The monoisotopic (exact) mass is 247 g/mol. The highest BCUT2D eigenvalue weighted by molar-refractivity contribution is 7.99. The van der Waals surface area contributed by atoms with Gasteiger partial charge in [-0.2, -0.15) is 11.8 Å². The van der Waals surface area contributed by atoms with E-state index in [1.807, 2.05) is 11.8 Å². The summed E-state index contributed by atoms with van der Waals surface area (Å²) in [5.41, 5.74) is 3.11. The minimum Gasteiger partial charge on any atom is -0.306 e. The first-order valence-electron chi connectivity index (χ1n) is 6.75. The SMILES string of the molecule is CSC1CCCC1NC1CCc2ccccc21. The summed E-state index contributed by atoms with van der Waals surface area (Å²) in [6.45, 7) is 0. The average molecular weight is 247 g/mol. The Bertz CT molecular complexity index is 390. The molecular weight excluding hydrogens is 226 g/mol. The minimum atomic E-state index is 0.615. The topological polar surface area (TPSA) is 12.0 Å². The van der Waals surface area contributed by atoms with E-state index in [0.717, 1.165) is 11.3 Å². The summed E-state index contributed by atoms with van der Waals surface area (Å²) in [4.78, 5) is 0. The molecule has 0 amide bonds. The van der Waals surface area contributed by atoms with E-state index in [4.69, 9.17) is 0 Å². The standard InChI is InChI=1S/C15H21NS/c1-17-15-8-4-7-14(15)16-13-10-9-11-5-2-3-6-12(11)13/h2-3,5-6,13-16H,4,7-10H2,1H3. The summed E-state index contributed by atoms with van der Waals surface area (Å²) in [6, 6.07) is 10.3. The number of thioether (sulfide) groups is 1. The highest BCUT2D eigenvalue weighted by atomic mass is 32.2. The summed E-state index contributed by atoms with van der Waals surface area (Å²) in [7, 11) is 0. The quantitative estimate of drug-likeness (QED) is 0.876. The lowest BCUT2D eigenvalue weighted by molar-refractivity contribution is 0.443. The molecule has 2 aliphatic rings. The van der Waals surface area contributed by atoms with Crippen LogP contribution in [-0.2, 0) is 6.42 Å². The Kier molecular flexibility index (Phi) is 3.44. The fraction of sp³-hybridized carbons (Fsp3) is 0.600. The Morgan fingerprint density at radius 1 is 1.18 bits per heavy atom. The van der Waals surface area contributed by atoms with Gasteiger partial charge in [-0.1, -0.05) is 30.7 Å². The smallest absolute Gasteiger partial charge is 0.0329 e. The van der Waals surface area contributed by atoms with Gasteiger partial charge in [0.15, 0.2) is 0 Å². The number of hydrogen-bond acceptors (Lipinski definition) is 2. The van der Waals surface area contributed by atoms with Crippen LogP contribution in [0.25, 0.3) is 0 Å². The highest BCUT2D eigenvalue weighted by Gasteiger charge is 2.30. The second-order valence-corrected chi connectivity index (χ2v) is 6.35. The van der Waals surface area contributed by atoms with E-state index < -0.39 is 0 Å². The molecule has 3 unspecified atom stereocenters. The summed E-state index contributed by atoms with van der Waals surface area (Å²) in [5, 5.41) is 4.75. The molecule has 0 aromatic heterocycles. The van der Waals surface area contributed by atoms with Gasteiger partial charge in [-0.3, -0.25) is 0 Å². The number of aryl methyl sites for hydroxylation is 1. The fourth-order valence-corrected chi connectivity index (χ4v) is 4.33. The molecule has 0 aliphatic heterocycles. The van der Waals surface area contributed by atoms with Crippen LogP contribution in [0.2, 0.25) is 0 Å². The van der Waals surface area contributed by atoms with Crippen molar-refractivity contribution in [3.63, 3.8) is 0 Å². The molecule has 17 heavy (non-hydrogen) atoms. The molecule has 0 heterocycles. The van der Waals surface area contributed by atoms with Crippen molar-refractivity contribution in [2.75, 3.05) is 6.26 Å². The summed E-state index contributed by atoms with van der Waals surface area (Å²) in [5.74, 6) is 0. The molecule has 1 fully saturated rings. The fourth-order valence-electron chi connectivity index (χ4n) is 3.39. The number of hydrogen-bond donors (Lipinski definition) is 1. The van der Waals surface area contributed by atoms with Gasteiger partial charge >= 0.3 is 0 Å². The van der Waals surface area contributed by atoms with Crippen molar-refractivity contribution >= 4 is 11.8 Å². The Labute approximate surface area is 108 Å². The predicted octanol–water partition coefficient (Wildman–Crippen LogP) is 3.55. The van der Waals surface area contributed by atoms with Crippen LogP contribution in [0.5, 0.6) is 0 Å². The normalized spacial score (nSPS) is 31.7. The number of benzene rings is 1. The zero-order valence-corrected chi connectivity index (χ0v) is 11.3. The molecule has 0 radical (unpaired) electrons. The highest BCUT2D eigenvalue weighted by Crippen LogP contribution is 2.35. The van der Waals surface area contributed by atoms with Gasteiger partial charge in [0.1, 0.15) is 0 Å². The van der Waals surface area contributed by atoms with Gasteiger partial charge in [-0.05, 0) is 43.1 Å². The van der Waals surface area contributed by atoms with Crippen molar-refractivity contribution in [1.29, 1.82) is 0 Å². The van der Waals surface area contributed by atoms with Crippen molar-refractivity contribution in [3.8, 4) is 0 Å². The van der Waals surface area contributed by atoms with Crippen LogP contribution in [0.1, 0.15) is 42.9 Å². The third-order valence-electron chi connectivity index (χ3n) is 4.30. The molecule has 0 bridgehead atoms. The van der Waals surface area contributed by atoms with Crippen molar-refractivity contribution in [2.24, 2.45) is 0 Å². The molecule has 2 heteroatoms. The minimum absolute atomic E-state index is 0.615. The van der Waals surface area contributed by atoms with Crippen molar-refractivity contribution < 1.29 is 0 Å². The molecule has 2 aliphatic carbocycles. The molecule has 1 saturated carbocycles. The average Bonchev–Trinajstić information content (AvgIpc) is 2.97. The van der Waals surface area contributed by atoms with Crippen LogP contribution in [0, 0.1) is 0 Å². The molecule has 92 valence electrons. The van der Waals surface area contributed by atoms with Gasteiger partial charge in [0.25, 0.3) is 0 Å². The van der Waals surface area contributed by atoms with E-state index in [1.165, 1.54) is 32.1 Å². The molecule has 1 N–H and O–H groups in total. The lowest BCUT2D eigenvalue weighted by Crippen LogP contribution is -2.36. The lowest BCUT2D eigenvalue weighted by Gasteiger charge is -2.24. The van der Waals surface area contributed by atoms with E-state index >= 15 is 0 Å². The first-order valence-corrected chi connectivity index (χ1v) is 8.04. The summed E-state index contributed by atoms with van der Waals surface area (Å²) >= 11 is 2.04. The van der Waals surface area contributed by atoms with E-state index in [1.54, 1.807) is 11.1 Å².